The first-order valence-corrected chi connectivity index (χ1v) is 7.52. The zero-order valence-electron chi connectivity index (χ0n) is 13.3. The molecule has 0 saturated heterocycles. The Hall–Kier alpha value is -3.25. The van der Waals surface area contributed by atoms with Crippen molar-refractivity contribution in [1.29, 1.82) is 0 Å². The van der Waals surface area contributed by atoms with Crippen molar-refractivity contribution in [2.45, 2.75) is 6.61 Å². The van der Waals surface area contributed by atoms with Crippen molar-refractivity contribution >= 4 is 16.7 Å². The number of hydrogen-bond acceptors (Lipinski definition) is 3. The van der Waals surface area contributed by atoms with Crippen LogP contribution in [0.4, 0.5) is 0 Å². The molecule has 0 aliphatic heterocycles. The Balaban J connectivity index is 2.13. The number of ether oxygens (including phenoxy) is 2. The maximum Gasteiger partial charge on any atom is 0.341 e. The third-order valence-electron chi connectivity index (χ3n) is 3.78. The van der Waals surface area contributed by atoms with Crippen LogP contribution in [0.3, 0.4) is 0 Å². The number of methoxy groups -OCH3 is 1. The summed E-state index contributed by atoms with van der Waals surface area (Å²) < 4.78 is 10.9. The van der Waals surface area contributed by atoms with Crippen LogP contribution in [0.5, 0.6) is 5.75 Å². The Morgan fingerprint density at radius 3 is 2.38 bits per heavy atom. The lowest BCUT2D eigenvalue weighted by atomic mass is 9.99. The Bertz CT molecular complexity index is 921. The molecule has 0 bridgehead atoms. The average Bonchev–Trinajstić information content (AvgIpc) is 2.65. The Labute approximate surface area is 140 Å². The van der Waals surface area contributed by atoms with Gasteiger partial charge in [0.25, 0.3) is 0 Å². The molecule has 0 aliphatic rings. The molecule has 0 aromatic heterocycles. The summed E-state index contributed by atoms with van der Waals surface area (Å²) in [6.45, 7) is 0.351. The monoisotopic (exact) mass is 316 g/mol. The second-order valence-electron chi connectivity index (χ2n) is 5.26. The maximum atomic E-state index is 12.2. The molecule has 0 unspecified atom stereocenters. The molecule has 3 aromatic rings. The van der Waals surface area contributed by atoms with E-state index >= 15 is 0 Å². The number of benzene rings is 3. The Morgan fingerprint density at radius 1 is 1.04 bits per heavy atom. The third kappa shape index (κ3) is 2.95. The molecule has 3 heteroatoms. The van der Waals surface area contributed by atoms with E-state index in [-0.39, 0.29) is 0 Å². The molecule has 3 rings (SSSR count). The lowest BCUT2D eigenvalue weighted by molar-refractivity contribution is 0.0596. The van der Waals surface area contributed by atoms with Gasteiger partial charge in [-0.25, -0.2) is 4.79 Å². The van der Waals surface area contributed by atoms with Crippen molar-refractivity contribution in [2.75, 3.05) is 7.11 Å². The molecule has 0 heterocycles. The smallest absolute Gasteiger partial charge is 0.341 e. The molecular formula is C21H16O3. The van der Waals surface area contributed by atoms with Gasteiger partial charge in [0.05, 0.1) is 7.11 Å². The molecule has 3 aromatic carbocycles. The van der Waals surface area contributed by atoms with Crippen LogP contribution in [0, 0.1) is 12.3 Å². The van der Waals surface area contributed by atoms with Gasteiger partial charge in [-0.2, -0.15) is 0 Å². The zero-order valence-corrected chi connectivity index (χ0v) is 13.3. The van der Waals surface area contributed by atoms with E-state index in [0.717, 1.165) is 16.3 Å². The first kappa shape index (κ1) is 15.6. The predicted molar refractivity (Wildman–Crippen MR) is 94.0 cm³/mol. The van der Waals surface area contributed by atoms with E-state index in [4.69, 9.17) is 15.9 Å². The molecule has 0 amide bonds. The maximum absolute atomic E-state index is 12.2. The zero-order chi connectivity index (χ0) is 16.9. The molecule has 3 nitrogen and oxygen atoms in total. The number of esters is 1. The number of fused-ring (bicyclic) bond motifs is 1. The molecule has 118 valence electrons. The highest BCUT2D eigenvalue weighted by atomic mass is 16.5. The van der Waals surface area contributed by atoms with Crippen LogP contribution >= 0.6 is 0 Å². The minimum atomic E-state index is -0.472. The average molecular weight is 316 g/mol. The Morgan fingerprint density at radius 2 is 1.71 bits per heavy atom. The summed E-state index contributed by atoms with van der Waals surface area (Å²) in [4.78, 5) is 12.2. The molecule has 0 spiro atoms. The van der Waals surface area contributed by atoms with Crippen LogP contribution < -0.4 is 4.74 Å². The van der Waals surface area contributed by atoms with Gasteiger partial charge < -0.3 is 9.47 Å². The first-order chi connectivity index (χ1) is 11.7. The summed E-state index contributed by atoms with van der Waals surface area (Å²) in [5, 5.41) is 1.67. The second-order valence-corrected chi connectivity index (χ2v) is 5.26. The van der Waals surface area contributed by atoms with Gasteiger partial charge in [-0.15, -0.1) is 6.42 Å². The highest BCUT2D eigenvalue weighted by Gasteiger charge is 2.19. The molecule has 0 atom stereocenters. The number of hydrogen-bond donors (Lipinski definition) is 0. The van der Waals surface area contributed by atoms with E-state index in [9.17, 15) is 4.79 Å². The molecule has 0 fully saturated rings. The summed E-state index contributed by atoms with van der Waals surface area (Å²) in [5.41, 5.74) is 1.98. The van der Waals surface area contributed by atoms with E-state index in [1.54, 1.807) is 6.07 Å². The van der Waals surface area contributed by atoms with Crippen LogP contribution in [0.15, 0.2) is 60.7 Å². The van der Waals surface area contributed by atoms with E-state index in [1.165, 1.54) is 7.11 Å². The molecule has 0 N–H and O–H groups in total. The van der Waals surface area contributed by atoms with Crippen molar-refractivity contribution in [3.8, 4) is 18.1 Å². The number of rotatable bonds is 4. The topological polar surface area (TPSA) is 35.5 Å². The SMILES string of the molecule is C#Cc1cc(C(=O)OC)c(OCc2ccccc2)c2ccccc12. The van der Waals surface area contributed by atoms with E-state index < -0.39 is 5.97 Å². The van der Waals surface area contributed by atoms with Gasteiger partial charge in [0.2, 0.25) is 0 Å². The summed E-state index contributed by atoms with van der Waals surface area (Å²) in [6, 6.07) is 19.0. The molecule has 0 aliphatic carbocycles. The van der Waals surface area contributed by atoms with Crippen LogP contribution in [0.1, 0.15) is 21.5 Å². The molecular weight excluding hydrogens is 300 g/mol. The summed E-state index contributed by atoms with van der Waals surface area (Å²) in [6.07, 6.45) is 5.60. The van der Waals surface area contributed by atoms with Gasteiger partial charge in [0, 0.05) is 16.3 Å². The summed E-state index contributed by atoms with van der Waals surface area (Å²) in [5.74, 6) is 2.64. The van der Waals surface area contributed by atoms with Crippen LogP contribution in [0.25, 0.3) is 10.8 Å². The fourth-order valence-corrected chi connectivity index (χ4v) is 2.61. The van der Waals surface area contributed by atoms with Gasteiger partial charge >= 0.3 is 5.97 Å². The molecule has 24 heavy (non-hydrogen) atoms. The summed E-state index contributed by atoms with van der Waals surface area (Å²) >= 11 is 0. The van der Waals surface area contributed by atoms with Crippen LogP contribution in [-0.4, -0.2) is 13.1 Å². The highest BCUT2D eigenvalue weighted by molar-refractivity contribution is 6.03. The fraction of sp³-hybridized carbons (Fsp3) is 0.0952. The predicted octanol–water partition coefficient (Wildman–Crippen LogP) is 4.19. The fourth-order valence-electron chi connectivity index (χ4n) is 2.61. The van der Waals surface area contributed by atoms with E-state index in [0.29, 0.717) is 23.5 Å². The molecule has 0 radical (unpaired) electrons. The second kappa shape index (κ2) is 6.89. The van der Waals surface area contributed by atoms with Gasteiger partial charge in [-0.1, -0.05) is 60.5 Å². The van der Waals surface area contributed by atoms with Crippen molar-refractivity contribution in [3.05, 3.63) is 77.4 Å². The Kier molecular flexibility index (Phi) is 4.49. The quantitative estimate of drug-likeness (QED) is 0.535. The van der Waals surface area contributed by atoms with Gasteiger partial charge in [0.15, 0.2) is 0 Å². The lowest BCUT2D eigenvalue weighted by Crippen LogP contribution is -2.07. The van der Waals surface area contributed by atoms with E-state index in [1.807, 2.05) is 54.6 Å². The van der Waals surface area contributed by atoms with Crippen LogP contribution in [0.2, 0.25) is 0 Å². The van der Waals surface area contributed by atoms with Gasteiger partial charge in [0.1, 0.15) is 17.9 Å². The van der Waals surface area contributed by atoms with Gasteiger partial charge in [-0.3, -0.25) is 0 Å². The van der Waals surface area contributed by atoms with Crippen molar-refractivity contribution in [1.82, 2.24) is 0 Å². The number of carbonyl (C=O) groups excluding carboxylic acids is 1. The number of carbonyl (C=O) groups is 1. The highest BCUT2D eigenvalue weighted by Crippen LogP contribution is 2.33. The van der Waals surface area contributed by atoms with Crippen molar-refractivity contribution in [3.63, 3.8) is 0 Å². The van der Waals surface area contributed by atoms with Gasteiger partial charge in [-0.05, 0) is 11.6 Å². The van der Waals surface area contributed by atoms with Crippen molar-refractivity contribution in [2.24, 2.45) is 0 Å². The van der Waals surface area contributed by atoms with E-state index in [2.05, 4.69) is 5.92 Å². The summed E-state index contributed by atoms with van der Waals surface area (Å²) in [7, 11) is 1.34. The van der Waals surface area contributed by atoms with Crippen LogP contribution in [-0.2, 0) is 11.3 Å². The van der Waals surface area contributed by atoms with Crippen molar-refractivity contribution < 1.29 is 14.3 Å². The normalized spacial score (nSPS) is 10.2. The minimum absolute atomic E-state index is 0.333. The number of terminal acetylenes is 1. The third-order valence-corrected chi connectivity index (χ3v) is 3.78. The first-order valence-electron chi connectivity index (χ1n) is 7.52. The molecule has 0 saturated carbocycles. The minimum Gasteiger partial charge on any atom is -0.487 e. The largest absolute Gasteiger partial charge is 0.487 e. The lowest BCUT2D eigenvalue weighted by Gasteiger charge is -2.15. The standard InChI is InChI=1S/C21H16O3/c1-3-16-13-19(21(22)23-2)20(18-12-8-7-11-17(16)18)24-14-15-9-5-4-6-10-15/h1,4-13H,14H2,2H3.